The predicted molar refractivity (Wildman–Crippen MR) is 133 cm³/mol. The molecule has 0 atom stereocenters. The molecule has 0 aliphatic carbocycles. The SMILES string of the molecule is CCCNC(=O)c1ccc(-c2nc3cc(NS(=O)(=O)c4cccc(OC)c4)ccc3n2C)cc1. The van der Waals surface area contributed by atoms with Gasteiger partial charge in [-0.05, 0) is 48.9 Å². The molecule has 4 rings (SSSR count). The van der Waals surface area contributed by atoms with Crippen molar-refractivity contribution < 1.29 is 17.9 Å². The number of ether oxygens (including phenoxy) is 1. The van der Waals surface area contributed by atoms with Crippen LogP contribution in [0.25, 0.3) is 22.4 Å². The molecule has 0 radical (unpaired) electrons. The van der Waals surface area contributed by atoms with Crippen LogP contribution in [0.15, 0.2) is 71.6 Å². The van der Waals surface area contributed by atoms with Gasteiger partial charge in [-0.1, -0.05) is 25.1 Å². The number of sulfonamides is 1. The van der Waals surface area contributed by atoms with Crippen LogP contribution < -0.4 is 14.8 Å². The molecule has 176 valence electrons. The second kappa shape index (κ2) is 9.56. The fourth-order valence-electron chi connectivity index (χ4n) is 3.62. The van der Waals surface area contributed by atoms with Gasteiger partial charge in [0.1, 0.15) is 11.6 Å². The maximum absolute atomic E-state index is 12.8. The molecule has 0 spiro atoms. The molecule has 0 saturated heterocycles. The Morgan fingerprint density at radius 2 is 1.82 bits per heavy atom. The molecule has 4 aromatic rings. The van der Waals surface area contributed by atoms with Gasteiger partial charge >= 0.3 is 0 Å². The summed E-state index contributed by atoms with van der Waals surface area (Å²) >= 11 is 0. The number of methoxy groups -OCH3 is 1. The third-order valence-electron chi connectivity index (χ3n) is 5.43. The van der Waals surface area contributed by atoms with Gasteiger partial charge in [0.25, 0.3) is 15.9 Å². The van der Waals surface area contributed by atoms with Gasteiger partial charge in [0.05, 0.1) is 28.7 Å². The summed E-state index contributed by atoms with van der Waals surface area (Å²) in [5.74, 6) is 1.07. The Morgan fingerprint density at radius 3 is 2.53 bits per heavy atom. The van der Waals surface area contributed by atoms with Crippen LogP contribution in [0.2, 0.25) is 0 Å². The monoisotopic (exact) mass is 478 g/mol. The zero-order valence-electron chi connectivity index (χ0n) is 19.2. The lowest BCUT2D eigenvalue weighted by atomic mass is 10.1. The fourth-order valence-corrected chi connectivity index (χ4v) is 4.70. The Bertz CT molecular complexity index is 1440. The van der Waals surface area contributed by atoms with E-state index in [2.05, 4.69) is 10.0 Å². The minimum atomic E-state index is -3.79. The number of benzene rings is 3. The highest BCUT2D eigenvalue weighted by Crippen LogP contribution is 2.27. The molecular weight excluding hydrogens is 452 g/mol. The maximum atomic E-state index is 12.8. The van der Waals surface area contributed by atoms with E-state index in [4.69, 9.17) is 9.72 Å². The normalized spacial score (nSPS) is 11.4. The van der Waals surface area contributed by atoms with E-state index >= 15 is 0 Å². The van der Waals surface area contributed by atoms with Crippen molar-refractivity contribution in [2.45, 2.75) is 18.2 Å². The molecule has 2 N–H and O–H groups in total. The molecule has 1 heterocycles. The number of fused-ring (bicyclic) bond motifs is 1. The van der Waals surface area contributed by atoms with Crippen LogP contribution in [0.1, 0.15) is 23.7 Å². The standard InChI is InChI=1S/C25H26N4O4S/c1-4-14-26-25(30)18-10-8-17(9-11-18)24-27-22-15-19(12-13-23(22)29(24)2)28-34(31,32)21-7-5-6-20(16-21)33-3/h5-13,15-16,28H,4,14H2,1-3H3,(H,26,30). The van der Waals surface area contributed by atoms with Crippen molar-refractivity contribution in [1.82, 2.24) is 14.9 Å². The minimum Gasteiger partial charge on any atom is -0.497 e. The second-order valence-corrected chi connectivity index (χ2v) is 9.50. The molecule has 0 saturated carbocycles. The summed E-state index contributed by atoms with van der Waals surface area (Å²) in [4.78, 5) is 17.0. The van der Waals surface area contributed by atoms with Crippen LogP contribution in [-0.4, -0.2) is 37.5 Å². The first-order chi connectivity index (χ1) is 16.3. The number of amides is 1. The highest BCUT2D eigenvalue weighted by molar-refractivity contribution is 7.92. The van der Waals surface area contributed by atoms with Crippen molar-refractivity contribution in [3.05, 3.63) is 72.3 Å². The van der Waals surface area contributed by atoms with Crippen molar-refractivity contribution in [2.75, 3.05) is 18.4 Å². The van der Waals surface area contributed by atoms with Gasteiger partial charge in [-0.15, -0.1) is 0 Å². The van der Waals surface area contributed by atoms with E-state index in [1.165, 1.54) is 19.2 Å². The van der Waals surface area contributed by atoms with Crippen molar-refractivity contribution in [3.8, 4) is 17.1 Å². The number of aromatic nitrogens is 2. The van der Waals surface area contributed by atoms with Gasteiger partial charge in [0, 0.05) is 30.8 Å². The third kappa shape index (κ3) is 4.74. The molecule has 1 aromatic heterocycles. The summed E-state index contributed by atoms with van der Waals surface area (Å²) in [5.41, 5.74) is 3.34. The van der Waals surface area contributed by atoms with Gasteiger partial charge in [0.2, 0.25) is 0 Å². The van der Waals surface area contributed by atoms with Gasteiger partial charge in [-0.25, -0.2) is 13.4 Å². The number of hydrogen-bond donors (Lipinski definition) is 2. The molecule has 3 aromatic carbocycles. The van der Waals surface area contributed by atoms with E-state index in [1.54, 1.807) is 36.4 Å². The van der Waals surface area contributed by atoms with E-state index in [0.29, 0.717) is 34.9 Å². The van der Waals surface area contributed by atoms with E-state index in [-0.39, 0.29) is 10.8 Å². The molecule has 34 heavy (non-hydrogen) atoms. The second-order valence-electron chi connectivity index (χ2n) is 7.82. The van der Waals surface area contributed by atoms with E-state index in [9.17, 15) is 13.2 Å². The summed E-state index contributed by atoms with van der Waals surface area (Å²) < 4.78 is 35.3. The Morgan fingerprint density at radius 1 is 1.06 bits per heavy atom. The van der Waals surface area contributed by atoms with Crippen LogP contribution in [0.4, 0.5) is 5.69 Å². The molecule has 0 fully saturated rings. The number of nitrogens with zero attached hydrogens (tertiary/aromatic N) is 2. The largest absolute Gasteiger partial charge is 0.497 e. The lowest BCUT2D eigenvalue weighted by molar-refractivity contribution is 0.0953. The highest BCUT2D eigenvalue weighted by atomic mass is 32.2. The first-order valence-corrected chi connectivity index (χ1v) is 12.3. The first-order valence-electron chi connectivity index (χ1n) is 10.8. The highest BCUT2D eigenvalue weighted by Gasteiger charge is 2.17. The van der Waals surface area contributed by atoms with Gasteiger partial charge < -0.3 is 14.6 Å². The molecule has 1 amide bonds. The van der Waals surface area contributed by atoms with Gasteiger partial charge in [-0.3, -0.25) is 9.52 Å². The van der Waals surface area contributed by atoms with Crippen LogP contribution in [0, 0.1) is 0 Å². The summed E-state index contributed by atoms with van der Waals surface area (Å²) in [6.45, 7) is 2.64. The summed E-state index contributed by atoms with van der Waals surface area (Å²) in [6.07, 6.45) is 0.876. The van der Waals surface area contributed by atoms with E-state index in [1.807, 2.05) is 36.7 Å². The van der Waals surface area contributed by atoms with Crippen molar-refractivity contribution >= 4 is 32.7 Å². The van der Waals surface area contributed by atoms with E-state index < -0.39 is 10.0 Å². The zero-order valence-corrected chi connectivity index (χ0v) is 20.0. The number of carbonyl (C=O) groups is 1. The number of imidazole rings is 1. The van der Waals surface area contributed by atoms with Crippen molar-refractivity contribution in [1.29, 1.82) is 0 Å². The predicted octanol–water partition coefficient (Wildman–Crippen LogP) is 4.19. The molecule has 9 heteroatoms. The lowest BCUT2D eigenvalue weighted by Gasteiger charge is -2.09. The van der Waals surface area contributed by atoms with E-state index in [0.717, 1.165) is 17.5 Å². The molecule has 0 aliphatic rings. The van der Waals surface area contributed by atoms with Crippen molar-refractivity contribution in [3.63, 3.8) is 0 Å². The molecule has 0 unspecified atom stereocenters. The van der Waals surface area contributed by atoms with Gasteiger partial charge in [0.15, 0.2) is 0 Å². The Kier molecular flexibility index (Phi) is 6.56. The topological polar surface area (TPSA) is 102 Å². The number of rotatable bonds is 8. The van der Waals surface area contributed by atoms with Crippen LogP contribution in [0.3, 0.4) is 0 Å². The number of carbonyl (C=O) groups excluding carboxylic acids is 1. The number of hydrogen-bond acceptors (Lipinski definition) is 5. The third-order valence-corrected chi connectivity index (χ3v) is 6.80. The van der Waals surface area contributed by atoms with Crippen molar-refractivity contribution in [2.24, 2.45) is 7.05 Å². The Labute approximate surface area is 198 Å². The Hall–Kier alpha value is -3.85. The fraction of sp³-hybridized carbons (Fsp3) is 0.200. The van der Waals surface area contributed by atoms with Gasteiger partial charge in [-0.2, -0.15) is 0 Å². The summed E-state index contributed by atoms with van der Waals surface area (Å²) in [5, 5.41) is 2.86. The zero-order chi connectivity index (χ0) is 24.3. The summed E-state index contributed by atoms with van der Waals surface area (Å²) in [6, 6.07) is 18.8. The minimum absolute atomic E-state index is 0.105. The maximum Gasteiger partial charge on any atom is 0.262 e. The molecular formula is C25H26N4O4S. The Balaban J connectivity index is 1.60. The quantitative estimate of drug-likeness (QED) is 0.395. The first kappa shape index (κ1) is 23.3. The number of aryl methyl sites for hydroxylation is 1. The number of anilines is 1. The molecule has 0 bridgehead atoms. The lowest BCUT2D eigenvalue weighted by Crippen LogP contribution is -2.23. The van der Waals surface area contributed by atoms with Crippen LogP contribution in [-0.2, 0) is 17.1 Å². The van der Waals surface area contributed by atoms with Crippen LogP contribution >= 0.6 is 0 Å². The molecule has 0 aliphatic heterocycles. The molecule has 8 nitrogen and oxygen atoms in total. The summed E-state index contributed by atoms with van der Waals surface area (Å²) in [7, 11) is -0.410. The average Bonchev–Trinajstić information content (AvgIpc) is 3.18. The smallest absolute Gasteiger partial charge is 0.262 e. The average molecular weight is 479 g/mol. The van der Waals surface area contributed by atoms with Crippen LogP contribution in [0.5, 0.6) is 5.75 Å². The number of nitrogens with one attached hydrogen (secondary N) is 2.